The number of imidazole rings is 1. The second-order valence-electron chi connectivity index (χ2n) is 8.44. The molecule has 0 fully saturated rings. The van der Waals surface area contributed by atoms with Gasteiger partial charge in [0.2, 0.25) is 0 Å². The van der Waals surface area contributed by atoms with Gasteiger partial charge in [0.1, 0.15) is 5.82 Å². The molecule has 0 atom stereocenters. The Morgan fingerprint density at radius 1 is 1.00 bits per heavy atom. The van der Waals surface area contributed by atoms with Crippen molar-refractivity contribution in [3.05, 3.63) is 108 Å². The molecule has 4 rings (SSSR count). The number of aromatic carboxylic acids is 1. The van der Waals surface area contributed by atoms with Crippen molar-refractivity contribution in [3.63, 3.8) is 0 Å². The van der Waals surface area contributed by atoms with Crippen molar-refractivity contribution < 1.29 is 19.7 Å². The quantitative estimate of drug-likeness (QED) is 0.248. The van der Waals surface area contributed by atoms with Crippen LogP contribution in [0.5, 0.6) is 0 Å². The SMILES string of the molecule is CCCCc1nc2cc([N+](=O)[O-])c(=O)c([N+](=O)[O-])cc2n1Cc1ccc(-c2ccccc2C(=O)O)cc1. The first-order chi connectivity index (χ1) is 17.7. The van der Waals surface area contributed by atoms with Crippen LogP contribution in [0.15, 0.2) is 65.5 Å². The number of hydrogen-bond donors (Lipinski definition) is 1. The Bertz CT molecular complexity index is 1590. The Morgan fingerprint density at radius 3 is 2.27 bits per heavy atom. The number of aryl methyl sites for hydroxylation is 1. The van der Waals surface area contributed by atoms with E-state index in [0.717, 1.165) is 30.5 Å². The fourth-order valence-corrected chi connectivity index (χ4v) is 4.18. The lowest BCUT2D eigenvalue weighted by Gasteiger charge is -2.11. The molecule has 37 heavy (non-hydrogen) atoms. The zero-order valence-electron chi connectivity index (χ0n) is 19.8. The van der Waals surface area contributed by atoms with Gasteiger partial charge < -0.3 is 9.67 Å². The highest BCUT2D eigenvalue weighted by Crippen LogP contribution is 2.27. The van der Waals surface area contributed by atoms with Gasteiger partial charge in [0.15, 0.2) is 0 Å². The minimum Gasteiger partial charge on any atom is -0.478 e. The molecular weight excluding hydrogens is 480 g/mol. The minimum atomic E-state index is -1.28. The first-order valence-corrected chi connectivity index (χ1v) is 11.5. The first-order valence-electron chi connectivity index (χ1n) is 11.5. The highest BCUT2D eigenvalue weighted by atomic mass is 16.6. The lowest BCUT2D eigenvalue weighted by molar-refractivity contribution is -0.395. The predicted molar refractivity (Wildman–Crippen MR) is 136 cm³/mol. The van der Waals surface area contributed by atoms with Crippen LogP contribution in [-0.4, -0.2) is 30.5 Å². The van der Waals surface area contributed by atoms with E-state index in [2.05, 4.69) is 4.98 Å². The molecule has 3 aromatic carbocycles. The summed E-state index contributed by atoms with van der Waals surface area (Å²) in [5.41, 5.74) is -0.491. The molecule has 0 aliphatic carbocycles. The number of benzene rings is 2. The molecule has 11 nitrogen and oxygen atoms in total. The summed E-state index contributed by atoms with van der Waals surface area (Å²) in [6.07, 6.45) is 2.17. The molecule has 0 radical (unpaired) electrons. The van der Waals surface area contributed by atoms with Gasteiger partial charge in [0.25, 0.3) is 0 Å². The van der Waals surface area contributed by atoms with E-state index in [1.165, 1.54) is 6.07 Å². The monoisotopic (exact) mass is 502 g/mol. The molecular formula is C26H22N4O7. The van der Waals surface area contributed by atoms with Crippen molar-refractivity contribution in [2.45, 2.75) is 32.7 Å². The molecule has 0 spiro atoms. The number of rotatable bonds is 9. The molecule has 0 unspecified atom stereocenters. The Labute approximate surface area is 209 Å². The van der Waals surface area contributed by atoms with E-state index >= 15 is 0 Å². The molecule has 1 aromatic heterocycles. The molecule has 11 heteroatoms. The van der Waals surface area contributed by atoms with Crippen LogP contribution in [0.3, 0.4) is 0 Å². The average molecular weight is 502 g/mol. The number of nitro groups is 2. The van der Waals surface area contributed by atoms with Gasteiger partial charge in [-0.1, -0.05) is 55.8 Å². The second kappa shape index (κ2) is 10.4. The van der Waals surface area contributed by atoms with Gasteiger partial charge in [0, 0.05) is 25.1 Å². The smallest absolute Gasteiger partial charge is 0.336 e. The zero-order valence-corrected chi connectivity index (χ0v) is 19.8. The van der Waals surface area contributed by atoms with Gasteiger partial charge in [-0.3, -0.25) is 25.0 Å². The van der Waals surface area contributed by atoms with Gasteiger partial charge >= 0.3 is 22.8 Å². The Balaban J connectivity index is 1.84. The van der Waals surface area contributed by atoms with E-state index < -0.39 is 32.6 Å². The Hall–Kier alpha value is -4.93. The van der Waals surface area contributed by atoms with Gasteiger partial charge in [0.05, 0.1) is 26.4 Å². The Kier molecular flexibility index (Phi) is 7.05. The third kappa shape index (κ3) is 5.06. The fourth-order valence-electron chi connectivity index (χ4n) is 4.18. The van der Waals surface area contributed by atoms with Crippen molar-refractivity contribution in [3.8, 4) is 11.1 Å². The van der Waals surface area contributed by atoms with E-state index in [4.69, 9.17) is 0 Å². The molecule has 0 saturated carbocycles. The summed E-state index contributed by atoms with van der Waals surface area (Å²) in [5.74, 6) is -0.453. The summed E-state index contributed by atoms with van der Waals surface area (Å²) in [4.78, 5) is 49.7. The van der Waals surface area contributed by atoms with Gasteiger partial charge in [-0.25, -0.2) is 9.78 Å². The highest BCUT2D eigenvalue weighted by Gasteiger charge is 2.25. The normalized spacial score (nSPS) is 10.9. The van der Waals surface area contributed by atoms with Crippen LogP contribution in [0, 0.1) is 20.2 Å². The van der Waals surface area contributed by atoms with E-state index in [1.54, 1.807) is 34.9 Å². The maximum atomic E-state index is 12.5. The number of carboxylic acid groups (broad SMARTS) is 1. The largest absolute Gasteiger partial charge is 0.478 e. The summed E-state index contributed by atoms with van der Waals surface area (Å²) in [6.45, 7) is 2.24. The van der Waals surface area contributed by atoms with Crippen molar-refractivity contribution >= 4 is 28.4 Å². The summed E-state index contributed by atoms with van der Waals surface area (Å²) < 4.78 is 1.72. The standard InChI is InChI=1S/C26H22N4O7/c1-2-3-8-24-27-20-13-22(29(34)35)25(31)23(30(36)37)14-21(20)28(24)15-16-9-11-17(12-10-16)18-6-4-5-7-19(18)26(32)33/h4-7,9-14H,2-3,8,15H2,1H3,(H,32,33). The van der Waals surface area contributed by atoms with Crippen LogP contribution < -0.4 is 5.43 Å². The lowest BCUT2D eigenvalue weighted by atomic mass is 9.99. The maximum absolute atomic E-state index is 12.5. The summed E-state index contributed by atoms with van der Waals surface area (Å²) in [7, 11) is 0. The van der Waals surface area contributed by atoms with Crippen LogP contribution in [-0.2, 0) is 13.0 Å². The summed E-state index contributed by atoms with van der Waals surface area (Å²) in [6, 6.07) is 15.9. The highest BCUT2D eigenvalue weighted by molar-refractivity contribution is 5.96. The minimum absolute atomic E-state index is 0.120. The third-order valence-electron chi connectivity index (χ3n) is 6.04. The predicted octanol–water partition coefficient (Wildman–Crippen LogP) is 4.97. The average Bonchev–Trinajstić information content (AvgIpc) is 3.10. The van der Waals surface area contributed by atoms with E-state index in [1.807, 2.05) is 19.1 Å². The molecule has 1 N–H and O–H groups in total. The van der Waals surface area contributed by atoms with Crippen molar-refractivity contribution in [2.24, 2.45) is 0 Å². The van der Waals surface area contributed by atoms with Gasteiger partial charge in [-0.15, -0.1) is 0 Å². The number of hydrogen-bond acceptors (Lipinski definition) is 7. The molecule has 0 amide bonds. The van der Waals surface area contributed by atoms with Gasteiger partial charge in [-0.2, -0.15) is 0 Å². The second-order valence-corrected chi connectivity index (χ2v) is 8.44. The summed E-state index contributed by atoms with van der Waals surface area (Å²) in [5, 5.41) is 32.5. The fraction of sp³-hybridized carbons (Fsp3) is 0.192. The van der Waals surface area contributed by atoms with Gasteiger partial charge in [-0.05, 0) is 29.2 Å². The first kappa shape index (κ1) is 25.2. The number of carboxylic acids is 1. The van der Waals surface area contributed by atoms with Crippen LogP contribution in [0.1, 0.15) is 41.5 Å². The third-order valence-corrected chi connectivity index (χ3v) is 6.04. The van der Waals surface area contributed by atoms with Crippen LogP contribution >= 0.6 is 0 Å². The van der Waals surface area contributed by atoms with Crippen LogP contribution in [0.25, 0.3) is 22.2 Å². The molecule has 0 bridgehead atoms. The van der Waals surface area contributed by atoms with E-state index in [0.29, 0.717) is 23.4 Å². The van der Waals surface area contributed by atoms with Crippen molar-refractivity contribution in [1.29, 1.82) is 0 Å². The molecule has 0 aliphatic rings. The zero-order chi connectivity index (χ0) is 26.7. The molecule has 1 heterocycles. The molecule has 4 aromatic rings. The van der Waals surface area contributed by atoms with E-state index in [-0.39, 0.29) is 23.1 Å². The number of aromatic nitrogens is 2. The van der Waals surface area contributed by atoms with Crippen LogP contribution in [0.4, 0.5) is 11.4 Å². The summed E-state index contributed by atoms with van der Waals surface area (Å²) >= 11 is 0. The molecule has 0 saturated heterocycles. The topological polar surface area (TPSA) is 158 Å². The van der Waals surface area contributed by atoms with Crippen molar-refractivity contribution in [1.82, 2.24) is 9.55 Å². The number of fused-ring (bicyclic) bond motifs is 1. The molecule has 188 valence electrons. The molecule has 0 aliphatic heterocycles. The number of nitrogens with zero attached hydrogens (tertiary/aromatic N) is 4. The number of unbranched alkanes of at least 4 members (excludes halogenated alkanes) is 1. The maximum Gasteiger partial charge on any atom is 0.336 e. The Morgan fingerprint density at radius 2 is 1.65 bits per heavy atom. The van der Waals surface area contributed by atoms with Crippen molar-refractivity contribution in [2.75, 3.05) is 0 Å². The lowest BCUT2D eigenvalue weighted by Crippen LogP contribution is -2.10. The number of carbonyl (C=O) groups is 1. The van der Waals surface area contributed by atoms with E-state index in [9.17, 15) is 34.9 Å². The van der Waals surface area contributed by atoms with Crippen LogP contribution in [0.2, 0.25) is 0 Å².